The first-order chi connectivity index (χ1) is 13.5. The minimum absolute atomic E-state index is 0.198. The molecule has 0 aromatic heterocycles. The Balaban J connectivity index is 1.51. The predicted octanol–water partition coefficient (Wildman–Crippen LogP) is 3.38. The van der Waals surface area contributed by atoms with Crippen molar-refractivity contribution in [2.24, 2.45) is 5.92 Å². The number of hydrogen-bond donors (Lipinski definition) is 1. The first kappa shape index (κ1) is 20.5. The molecule has 0 unspecified atom stereocenters. The Morgan fingerprint density at radius 3 is 2.39 bits per heavy atom. The van der Waals surface area contributed by atoms with E-state index in [0.29, 0.717) is 44.2 Å². The summed E-state index contributed by atoms with van der Waals surface area (Å²) in [6.45, 7) is 2.07. The second-order valence-electron chi connectivity index (χ2n) is 7.34. The van der Waals surface area contributed by atoms with Gasteiger partial charge in [0.2, 0.25) is 5.91 Å². The SMILES string of the molecule is COC(=O)c1cc(NC(=O)N2CCN(C(=O)CC3CCCC3)CC2)ccc1Cl. The molecule has 8 heteroatoms. The summed E-state index contributed by atoms with van der Waals surface area (Å²) >= 11 is 6.00. The Labute approximate surface area is 169 Å². The molecule has 2 aliphatic rings. The highest BCUT2D eigenvalue weighted by Crippen LogP contribution is 2.28. The number of esters is 1. The van der Waals surface area contributed by atoms with Crippen LogP contribution < -0.4 is 5.32 Å². The molecule has 1 aromatic rings. The van der Waals surface area contributed by atoms with Crippen molar-refractivity contribution < 1.29 is 19.1 Å². The normalized spacial score (nSPS) is 17.5. The minimum atomic E-state index is -0.560. The van der Waals surface area contributed by atoms with Crippen LogP contribution in [-0.2, 0) is 9.53 Å². The zero-order valence-electron chi connectivity index (χ0n) is 16.1. The molecule has 1 aliphatic carbocycles. The van der Waals surface area contributed by atoms with Crippen LogP contribution in [0.25, 0.3) is 0 Å². The zero-order chi connectivity index (χ0) is 20.1. The van der Waals surface area contributed by atoms with Gasteiger partial charge in [-0.25, -0.2) is 9.59 Å². The van der Waals surface area contributed by atoms with Crippen LogP contribution in [-0.4, -0.2) is 61.0 Å². The first-order valence-corrected chi connectivity index (χ1v) is 10.1. The Hall–Kier alpha value is -2.28. The number of halogens is 1. The van der Waals surface area contributed by atoms with Crippen molar-refractivity contribution >= 4 is 35.2 Å². The van der Waals surface area contributed by atoms with Crippen LogP contribution in [0, 0.1) is 5.92 Å². The van der Waals surface area contributed by atoms with Crippen LogP contribution in [0.4, 0.5) is 10.5 Å². The lowest BCUT2D eigenvalue weighted by Crippen LogP contribution is -2.51. The van der Waals surface area contributed by atoms with E-state index in [0.717, 1.165) is 12.8 Å². The van der Waals surface area contributed by atoms with Gasteiger partial charge in [-0.1, -0.05) is 24.4 Å². The van der Waals surface area contributed by atoms with Gasteiger partial charge >= 0.3 is 12.0 Å². The number of methoxy groups -OCH3 is 1. The molecule has 0 radical (unpaired) electrons. The van der Waals surface area contributed by atoms with E-state index in [-0.39, 0.29) is 22.5 Å². The smallest absolute Gasteiger partial charge is 0.339 e. The molecule has 0 bridgehead atoms. The van der Waals surface area contributed by atoms with Crippen molar-refractivity contribution in [1.82, 2.24) is 9.80 Å². The Morgan fingerprint density at radius 2 is 1.75 bits per heavy atom. The maximum atomic E-state index is 12.5. The number of anilines is 1. The van der Waals surface area contributed by atoms with Gasteiger partial charge in [0.15, 0.2) is 0 Å². The number of nitrogens with one attached hydrogen (secondary N) is 1. The Morgan fingerprint density at radius 1 is 1.11 bits per heavy atom. The standard InChI is InChI=1S/C20H26ClN3O4/c1-28-19(26)16-13-15(6-7-17(16)21)22-20(27)24-10-8-23(9-11-24)18(25)12-14-4-2-3-5-14/h6-7,13-14H,2-5,8-12H2,1H3,(H,22,27). The van der Waals surface area contributed by atoms with Crippen molar-refractivity contribution in [2.75, 3.05) is 38.6 Å². The molecule has 3 amide bonds. The van der Waals surface area contributed by atoms with E-state index in [1.54, 1.807) is 17.0 Å². The van der Waals surface area contributed by atoms with Gasteiger partial charge in [0, 0.05) is 38.3 Å². The number of rotatable bonds is 4. The van der Waals surface area contributed by atoms with Crippen molar-refractivity contribution in [2.45, 2.75) is 32.1 Å². The van der Waals surface area contributed by atoms with Gasteiger partial charge in [-0.3, -0.25) is 4.79 Å². The third-order valence-corrected chi connectivity index (χ3v) is 5.81. The topological polar surface area (TPSA) is 79.0 Å². The predicted molar refractivity (Wildman–Crippen MR) is 107 cm³/mol. The fourth-order valence-electron chi connectivity index (χ4n) is 3.82. The summed E-state index contributed by atoms with van der Waals surface area (Å²) in [6.07, 6.45) is 5.40. The lowest BCUT2D eigenvalue weighted by Gasteiger charge is -2.35. The van der Waals surface area contributed by atoms with E-state index in [4.69, 9.17) is 16.3 Å². The third-order valence-electron chi connectivity index (χ3n) is 5.48. The minimum Gasteiger partial charge on any atom is -0.465 e. The molecule has 3 rings (SSSR count). The van der Waals surface area contributed by atoms with Crippen LogP contribution in [0.3, 0.4) is 0 Å². The summed E-state index contributed by atoms with van der Waals surface area (Å²) in [5.41, 5.74) is 0.666. The molecule has 1 saturated heterocycles. The average molecular weight is 408 g/mol. The van der Waals surface area contributed by atoms with Crippen LogP contribution in [0.5, 0.6) is 0 Å². The van der Waals surface area contributed by atoms with Gasteiger partial charge in [0.25, 0.3) is 0 Å². The first-order valence-electron chi connectivity index (χ1n) is 9.69. The largest absolute Gasteiger partial charge is 0.465 e. The number of amides is 3. The average Bonchev–Trinajstić information content (AvgIpc) is 3.22. The molecular formula is C20H26ClN3O4. The van der Waals surface area contributed by atoms with E-state index < -0.39 is 5.97 Å². The molecule has 7 nitrogen and oxygen atoms in total. The summed E-state index contributed by atoms with van der Waals surface area (Å²) in [6, 6.07) is 4.41. The molecule has 1 heterocycles. The highest BCUT2D eigenvalue weighted by Gasteiger charge is 2.27. The third kappa shape index (κ3) is 4.95. The molecule has 2 fully saturated rings. The maximum Gasteiger partial charge on any atom is 0.339 e. The summed E-state index contributed by atoms with van der Waals surface area (Å²) < 4.78 is 4.69. The quantitative estimate of drug-likeness (QED) is 0.776. The molecule has 0 atom stereocenters. The highest BCUT2D eigenvalue weighted by atomic mass is 35.5. The molecule has 28 heavy (non-hydrogen) atoms. The van der Waals surface area contributed by atoms with Gasteiger partial charge in [-0.15, -0.1) is 0 Å². The number of nitrogens with zero attached hydrogens (tertiary/aromatic N) is 2. The number of hydrogen-bond acceptors (Lipinski definition) is 4. The van der Waals surface area contributed by atoms with Crippen LogP contribution >= 0.6 is 11.6 Å². The number of piperazine rings is 1. The molecule has 0 spiro atoms. The van der Waals surface area contributed by atoms with Crippen LogP contribution in [0.15, 0.2) is 18.2 Å². The van der Waals surface area contributed by atoms with E-state index in [9.17, 15) is 14.4 Å². The van der Waals surface area contributed by atoms with Gasteiger partial charge < -0.3 is 19.9 Å². The van der Waals surface area contributed by atoms with Gasteiger partial charge in [0.1, 0.15) is 0 Å². The lowest BCUT2D eigenvalue weighted by molar-refractivity contribution is -0.133. The molecule has 152 valence electrons. The zero-order valence-corrected chi connectivity index (χ0v) is 16.8. The van der Waals surface area contributed by atoms with E-state index in [2.05, 4.69) is 5.32 Å². The second-order valence-corrected chi connectivity index (χ2v) is 7.75. The van der Waals surface area contributed by atoms with Crippen molar-refractivity contribution in [3.05, 3.63) is 28.8 Å². The second kappa shape index (κ2) is 9.28. The number of urea groups is 1. The van der Waals surface area contributed by atoms with Crippen LogP contribution in [0.2, 0.25) is 5.02 Å². The molecule has 1 aromatic carbocycles. The van der Waals surface area contributed by atoms with E-state index in [1.165, 1.54) is 26.0 Å². The van der Waals surface area contributed by atoms with Crippen molar-refractivity contribution in [3.63, 3.8) is 0 Å². The molecule has 1 saturated carbocycles. The fourth-order valence-corrected chi connectivity index (χ4v) is 4.02. The monoisotopic (exact) mass is 407 g/mol. The summed E-state index contributed by atoms with van der Waals surface area (Å²) in [5, 5.41) is 3.04. The molecular weight excluding hydrogens is 382 g/mol. The van der Waals surface area contributed by atoms with Gasteiger partial charge in [-0.2, -0.15) is 0 Å². The highest BCUT2D eigenvalue weighted by molar-refractivity contribution is 6.33. The fraction of sp³-hybridized carbons (Fsp3) is 0.550. The van der Waals surface area contributed by atoms with Gasteiger partial charge in [0.05, 0.1) is 17.7 Å². The van der Waals surface area contributed by atoms with E-state index in [1.807, 2.05) is 4.90 Å². The summed E-state index contributed by atoms with van der Waals surface area (Å²) in [7, 11) is 1.28. The Bertz CT molecular complexity index is 741. The number of ether oxygens (including phenoxy) is 1. The molecule has 1 aliphatic heterocycles. The molecule has 1 N–H and O–H groups in total. The Kier molecular flexibility index (Phi) is 6.78. The number of benzene rings is 1. The van der Waals surface area contributed by atoms with Crippen LogP contribution in [0.1, 0.15) is 42.5 Å². The van der Waals surface area contributed by atoms with E-state index >= 15 is 0 Å². The number of carbonyl (C=O) groups is 3. The summed E-state index contributed by atoms with van der Waals surface area (Å²) in [4.78, 5) is 40.2. The van der Waals surface area contributed by atoms with Crippen molar-refractivity contribution in [1.29, 1.82) is 0 Å². The lowest BCUT2D eigenvalue weighted by atomic mass is 10.0. The van der Waals surface area contributed by atoms with Gasteiger partial charge in [-0.05, 0) is 37.0 Å². The van der Waals surface area contributed by atoms with Crippen molar-refractivity contribution in [3.8, 4) is 0 Å². The number of carbonyl (C=O) groups excluding carboxylic acids is 3. The maximum absolute atomic E-state index is 12.5. The summed E-state index contributed by atoms with van der Waals surface area (Å²) in [5.74, 6) is 0.172.